The maximum Gasteiger partial charge on any atom is 0.297 e. The lowest BCUT2D eigenvalue weighted by Crippen LogP contribution is -2.25. The van der Waals surface area contributed by atoms with Crippen molar-refractivity contribution in [1.82, 2.24) is 14.8 Å². The van der Waals surface area contributed by atoms with Gasteiger partial charge in [0.2, 0.25) is 0 Å². The molecule has 0 saturated heterocycles. The molecule has 2 aromatic rings. The van der Waals surface area contributed by atoms with Gasteiger partial charge in [-0.25, -0.2) is 9.45 Å². The smallest absolute Gasteiger partial charge is 0.274 e. The van der Waals surface area contributed by atoms with Crippen LogP contribution in [-0.2, 0) is 11.4 Å². The Morgan fingerprint density at radius 3 is 2.65 bits per heavy atom. The van der Waals surface area contributed by atoms with Gasteiger partial charge in [0.15, 0.2) is 5.69 Å². The number of hydroxylamine groups is 2. The minimum atomic E-state index is -0.312. The fourth-order valence-electron chi connectivity index (χ4n) is 1.78. The lowest BCUT2D eigenvalue weighted by molar-refractivity contribution is -0.0760. The zero-order valence-corrected chi connectivity index (χ0v) is 11.6. The van der Waals surface area contributed by atoms with Crippen LogP contribution >= 0.6 is 0 Å². The highest BCUT2D eigenvalue weighted by Gasteiger charge is 2.16. The van der Waals surface area contributed by atoms with Gasteiger partial charge in [0, 0.05) is 12.7 Å². The molecule has 0 radical (unpaired) electrons. The summed E-state index contributed by atoms with van der Waals surface area (Å²) in [4.78, 5) is 16.8. The standard InChI is InChI=1S/C14H16FN3O2/c1-10-8-13(14(19)17(2)20-3)16-18(10)9-11-4-6-12(15)7-5-11/h4-8H,9H2,1-3H3. The van der Waals surface area contributed by atoms with Crippen LogP contribution in [0.15, 0.2) is 30.3 Å². The molecule has 1 amide bonds. The quantitative estimate of drug-likeness (QED) is 0.803. The molecule has 20 heavy (non-hydrogen) atoms. The van der Waals surface area contributed by atoms with E-state index in [1.54, 1.807) is 22.9 Å². The van der Waals surface area contributed by atoms with E-state index in [1.807, 2.05) is 6.92 Å². The summed E-state index contributed by atoms with van der Waals surface area (Å²) in [6.07, 6.45) is 0. The van der Waals surface area contributed by atoms with Crippen molar-refractivity contribution in [1.29, 1.82) is 0 Å². The van der Waals surface area contributed by atoms with E-state index in [0.29, 0.717) is 12.2 Å². The van der Waals surface area contributed by atoms with Gasteiger partial charge < -0.3 is 0 Å². The summed E-state index contributed by atoms with van der Waals surface area (Å²) in [5.74, 6) is -0.586. The number of hydrogen-bond acceptors (Lipinski definition) is 3. The van der Waals surface area contributed by atoms with Gasteiger partial charge in [0.05, 0.1) is 13.7 Å². The SMILES string of the molecule is CON(C)C(=O)c1cc(C)n(Cc2ccc(F)cc2)n1. The molecule has 1 aromatic carbocycles. The monoisotopic (exact) mass is 277 g/mol. The first-order valence-corrected chi connectivity index (χ1v) is 6.12. The number of nitrogens with zero attached hydrogens (tertiary/aromatic N) is 3. The Hall–Kier alpha value is -2.21. The minimum Gasteiger partial charge on any atom is -0.274 e. The molecule has 1 heterocycles. The highest BCUT2D eigenvalue weighted by molar-refractivity contribution is 5.91. The van der Waals surface area contributed by atoms with Crippen LogP contribution in [0.3, 0.4) is 0 Å². The molecule has 1 aromatic heterocycles. The van der Waals surface area contributed by atoms with E-state index in [0.717, 1.165) is 16.3 Å². The molecule has 5 nitrogen and oxygen atoms in total. The molecule has 0 aliphatic carbocycles. The van der Waals surface area contributed by atoms with Gasteiger partial charge in [0.25, 0.3) is 5.91 Å². The molecule has 2 rings (SSSR count). The minimum absolute atomic E-state index is 0.275. The molecule has 6 heteroatoms. The largest absolute Gasteiger partial charge is 0.297 e. The maximum absolute atomic E-state index is 12.9. The molecule has 0 unspecified atom stereocenters. The number of aryl methyl sites for hydroxylation is 1. The third-order valence-corrected chi connectivity index (χ3v) is 3.01. The number of hydrogen-bond donors (Lipinski definition) is 0. The van der Waals surface area contributed by atoms with Gasteiger partial charge in [-0.1, -0.05) is 12.1 Å². The van der Waals surface area contributed by atoms with Crippen molar-refractivity contribution in [3.63, 3.8) is 0 Å². The molecule has 0 bridgehead atoms. The van der Waals surface area contributed by atoms with Gasteiger partial charge in [-0.3, -0.25) is 14.3 Å². The Bertz CT molecular complexity index is 607. The highest BCUT2D eigenvalue weighted by Crippen LogP contribution is 2.10. The van der Waals surface area contributed by atoms with E-state index < -0.39 is 0 Å². The van der Waals surface area contributed by atoms with E-state index in [1.165, 1.54) is 26.3 Å². The Balaban J connectivity index is 2.19. The number of carbonyl (C=O) groups excluding carboxylic acids is 1. The third-order valence-electron chi connectivity index (χ3n) is 3.01. The van der Waals surface area contributed by atoms with Crippen LogP contribution in [0.4, 0.5) is 4.39 Å². The Labute approximate surface area is 116 Å². The van der Waals surface area contributed by atoms with E-state index in [-0.39, 0.29) is 11.7 Å². The van der Waals surface area contributed by atoms with Crippen LogP contribution in [0.25, 0.3) is 0 Å². The van der Waals surface area contributed by atoms with Crippen molar-refractivity contribution in [3.8, 4) is 0 Å². The lowest BCUT2D eigenvalue weighted by Gasteiger charge is -2.11. The fourth-order valence-corrected chi connectivity index (χ4v) is 1.78. The van der Waals surface area contributed by atoms with Crippen molar-refractivity contribution < 1.29 is 14.0 Å². The predicted octanol–water partition coefficient (Wildman–Crippen LogP) is 2.01. The van der Waals surface area contributed by atoms with Crippen LogP contribution in [0, 0.1) is 12.7 Å². The molecule has 0 saturated carbocycles. The number of aromatic nitrogens is 2. The van der Waals surface area contributed by atoms with Gasteiger partial charge in [0.1, 0.15) is 5.82 Å². The topological polar surface area (TPSA) is 47.4 Å². The molecular weight excluding hydrogens is 261 g/mol. The van der Waals surface area contributed by atoms with Crippen LogP contribution in [-0.4, -0.2) is 34.9 Å². The molecular formula is C14H16FN3O2. The number of halogens is 1. The summed E-state index contributed by atoms with van der Waals surface area (Å²) in [5.41, 5.74) is 2.08. The van der Waals surface area contributed by atoms with Crippen molar-refractivity contribution in [3.05, 3.63) is 53.1 Å². The number of rotatable bonds is 4. The molecule has 0 aliphatic heterocycles. The Morgan fingerprint density at radius 2 is 2.05 bits per heavy atom. The average Bonchev–Trinajstić information content (AvgIpc) is 2.81. The zero-order valence-electron chi connectivity index (χ0n) is 11.6. The summed E-state index contributed by atoms with van der Waals surface area (Å²) < 4.78 is 14.6. The number of benzene rings is 1. The van der Waals surface area contributed by atoms with Crippen LogP contribution in [0.1, 0.15) is 21.7 Å². The highest BCUT2D eigenvalue weighted by atomic mass is 19.1. The summed E-state index contributed by atoms with van der Waals surface area (Å²) in [7, 11) is 2.94. The zero-order chi connectivity index (χ0) is 14.7. The number of amides is 1. The van der Waals surface area contributed by atoms with Crippen molar-refractivity contribution in [2.45, 2.75) is 13.5 Å². The molecule has 0 N–H and O–H groups in total. The van der Waals surface area contributed by atoms with Crippen molar-refractivity contribution >= 4 is 5.91 Å². The fraction of sp³-hybridized carbons (Fsp3) is 0.286. The van der Waals surface area contributed by atoms with Gasteiger partial charge in [-0.2, -0.15) is 5.10 Å². The van der Waals surface area contributed by atoms with Gasteiger partial charge in [-0.05, 0) is 30.7 Å². The third kappa shape index (κ3) is 3.03. The van der Waals surface area contributed by atoms with Crippen LogP contribution in [0.2, 0.25) is 0 Å². The lowest BCUT2D eigenvalue weighted by atomic mass is 10.2. The van der Waals surface area contributed by atoms with Crippen molar-refractivity contribution in [2.24, 2.45) is 0 Å². The predicted molar refractivity (Wildman–Crippen MR) is 71.6 cm³/mol. The second-order valence-electron chi connectivity index (χ2n) is 4.44. The molecule has 106 valence electrons. The maximum atomic E-state index is 12.9. The van der Waals surface area contributed by atoms with Crippen LogP contribution < -0.4 is 0 Å². The second kappa shape index (κ2) is 5.83. The second-order valence-corrected chi connectivity index (χ2v) is 4.44. The number of carbonyl (C=O) groups is 1. The average molecular weight is 277 g/mol. The summed E-state index contributed by atoms with van der Waals surface area (Å²) in [6.45, 7) is 2.34. The Kier molecular flexibility index (Phi) is 4.14. The van der Waals surface area contributed by atoms with Crippen LogP contribution in [0.5, 0.6) is 0 Å². The van der Waals surface area contributed by atoms with Crippen molar-refractivity contribution in [2.75, 3.05) is 14.2 Å². The summed E-state index contributed by atoms with van der Waals surface area (Å²) in [6, 6.07) is 7.89. The van der Waals surface area contributed by atoms with Gasteiger partial charge >= 0.3 is 0 Å². The Morgan fingerprint density at radius 1 is 1.40 bits per heavy atom. The summed E-state index contributed by atoms with van der Waals surface area (Å²) >= 11 is 0. The molecule has 0 fully saturated rings. The molecule has 0 spiro atoms. The normalized spacial score (nSPS) is 10.6. The first kappa shape index (κ1) is 14.2. The first-order valence-electron chi connectivity index (χ1n) is 6.12. The molecule has 0 aliphatic rings. The summed E-state index contributed by atoms with van der Waals surface area (Å²) in [5, 5.41) is 5.36. The van der Waals surface area contributed by atoms with E-state index >= 15 is 0 Å². The molecule has 0 atom stereocenters. The van der Waals surface area contributed by atoms with E-state index in [2.05, 4.69) is 5.10 Å². The van der Waals surface area contributed by atoms with E-state index in [4.69, 9.17) is 4.84 Å². The van der Waals surface area contributed by atoms with E-state index in [9.17, 15) is 9.18 Å². The first-order chi connectivity index (χ1) is 9.51. The van der Waals surface area contributed by atoms with Gasteiger partial charge in [-0.15, -0.1) is 0 Å².